The SMILES string of the molecule is Cc1cc2c(c(C(=O)NC3CCCC3)c1)CC(c1c(F)c(F)c(-c3ccccc3)c(F)c1F)=N2. The van der Waals surface area contributed by atoms with Crippen molar-refractivity contribution >= 4 is 17.3 Å². The van der Waals surface area contributed by atoms with E-state index < -0.39 is 34.4 Å². The maximum atomic E-state index is 15.1. The third-order valence-corrected chi connectivity index (χ3v) is 6.52. The number of aryl methyl sites for hydroxylation is 1. The highest BCUT2D eigenvalue weighted by molar-refractivity contribution is 6.10. The van der Waals surface area contributed by atoms with E-state index in [1.807, 2.05) is 0 Å². The summed E-state index contributed by atoms with van der Waals surface area (Å²) in [5.41, 5.74) is 0.249. The summed E-state index contributed by atoms with van der Waals surface area (Å²) < 4.78 is 60.2. The molecule has 2 aliphatic rings. The van der Waals surface area contributed by atoms with Crippen LogP contribution in [0.3, 0.4) is 0 Å². The van der Waals surface area contributed by atoms with Gasteiger partial charge in [0.15, 0.2) is 23.3 Å². The number of hydrogen-bond donors (Lipinski definition) is 1. The van der Waals surface area contributed by atoms with Crippen molar-refractivity contribution < 1.29 is 22.4 Å². The Morgan fingerprint density at radius 2 is 1.53 bits per heavy atom. The Hall–Kier alpha value is -3.48. The first-order valence-corrected chi connectivity index (χ1v) is 11.3. The van der Waals surface area contributed by atoms with Gasteiger partial charge in [-0.25, -0.2) is 17.6 Å². The fourth-order valence-electron chi connectivity index (χ4n) is 4.86. The van der Waals surface area contributed by atoms with Crippen molar-refractivity contribution in [3.05, 3.63) is 88.0 Å². The minimum atomic E-state index is -1.50. The minimum Gasteiger partial charge on any atom is -0.349 e. The highest BCUT2D eigenvalue weighted by Crippen LogP contribution is 2.37. The number of aliphatic imine (C=N–C) groups is 1. The molecule has 3 aromatic rings. The molecule has 0 unspecified atom stereocenters. The molecule has 0 atom stereocenters. The van der Waals surface area contributed by atoms with Gasteiger partial charge in [-0.05, 0) is 48.6 Å². The second kappa shape index (κ2) is 8.70. The molecule has 0 saturated heterocycles. The van der Waals surface area contributed by atoms with Gasteiger partial charge in [-0.1, -0.05) is 43.2 Å². The molecular weight excluding hydrogens is 444 g/mol. The molecule has 5 rings (SSSR count). The maximum absolute atomic E-state index is 15.1. The molecule has 34 heavy (non-hydrogen) atoms. The number of fused-ring (bicyclic) bond motifs is 1. The second-order valence-corrected chi connectivity index (χ2v) is 8.87. The molecule has 1 aliphatic carbocycles. The van der Waals surface area contributed by atoms with Crippen LogP contribution in [-0.2, 0) is 6.42 Å². The van der Waals surface area contributed by atoms with Crippen LogP contribution in [0.4, 0.5) is 23.2 Å². The van der Waals surface area contributed by atoms with Crippen LogP contribution in [0.15, 0.2) is 47.5 Å². The van der Waals surface area contributed by atoms with Crippen molar-refractivity contribution in [3.63, 3.8) is 0 Å². The van der Waals surface area contributed by atoms with Crippen LogP contribution in [0.5, 0.6) is 0 Å². The topological polar surface area (TPSA) is 41.5 Å². The lowest BCUT2D eigenvalue weighted by Gasteiger charge is -2.15. The average Bonchev–Trinajstić information content (AvgIpc) is 3.48. The third kappa shape index (κ3) is 3.79. The first kappa shape index (κ1) is 22.3. The Morgan fingerprint density at radius 1 is 0.912 bits per heavy atom. The van der Waals surface area contributed by atoms with E-state index in [1.54, 1.807) is 25.1 Å². The Bertz CT molecular complexity index is 1300. The van der Waals surface area contributed by atoms with E-state index >= 15 is 8.78 Å². The zero-order valence-corrected chi connectivity index (χ0v) is 18.5. The van der Waals surface area contributed by atoms with Crippen molar-refractivity contribution in [1.82, 2.24) is 5.32 Å². The van der Waals surface area contributed by atoms with Gasteiger partial charge < -0.3 is 5.32 Å². The number of rotatable bonds is 4. The molecule has 7 heteroatoms. The Labute approximate surface area is 194 Å². The fourth-order valence-corrected chi connectivity index (χ4v) is 4.86. The zero-order valence-electron chi connectivity index (χ0n) is 18.5. The summed E-state index contributed by atoms with van der Waals surface area (Å²) in [7, 11) is 0. The normalized spacial score (nSPS) is 15.4. The maximum Gasteiger partial charge on any atom is 0.251 e. The summed E-state index contributed by atoms with van der Waals surface area (Å²) >= 11 is 0. The van der Waals surface area contributed by atoms with E-state index in [2.05, 4.69) is 10.3 Å². The van der Waals surface area contributed by atoms with Crippen molar-refractivity contribution in [1.29, 1.82) is 0 Å². The standard InChI is InChI=1S/C27H22F4N2O/c1-14-11-18(27(34)32-16-9-5-6-10-16)17-13-20(33-19(17)12-14)22-25(30)23(28)21(24(29)26(22)31)15-7-3-2-4-8-15/h2-4,7-8,11-12,16H,5-6,9-10,13H2,1H3,(H,32,34). The largest absolute Gasteiger partial charge is 0.349 e. The minimum absolute atomic E-state index is 0.0278. The van der Waals surface area contributed by atoms with Crippen molar-refractivity contribution in [2.75, 3.05) is 0 Å². The van der Waals surface area contributed by atoms with Gasteiger partial charge in [-0.15, -0.1) is 0 Å². The number of nitrogens with zero attached hydrogens (tertiary/aromatic N) is 1. The van der Waals surface area contributed by atoms with Crippen LogP contribution in [0.1, 0.15) is 52.7 Å². The molecule has 1 N–H and O–H groups in total. The molecule has 174 valence electrons. The number of halogens is 4. The Kier molecular flexibility index (Phi) is 5.71. The van der Waals surface area contributed by atoms with E-state index in [-0.39, 0.29) is 29.6 Å². The lowest BCUT2D eigenvalue weighted by molar-refractivity contribution is 0.0937. The fraction of sp³-hybridized carbons (Fsp3) is 0.259. The zero-order chi connectivity index (χ0) is 24.0. The third-order valence-electron chi connectivity index (χ3n) is 6.52. The summed E-state index contributed by atoms with van der Waals surface area (Å²) in [6.45, 7) is 1.79. The van der Waals surface area contributed by atoms with Crippen LogP contribution in [-0.4, -0.2) is 17.7 Å². The van der Waals surface area contributed by atoms with Crippen molar-refractivity contribution in [2.45, 2.75) is 45.1 Å². The van der Waals surface area contributed by atoms with Gasteiger partial charge in [0.2, 0.25) is 0 Å². The van der Waals surface area contributed by atoms with E-state index in [4.69, 9.17) is 0 Å². The monoisotopic (exact) mass is 466 g/mol. The molecule has 0 bridgehead atoms. The Morgan fingerprint density at radius 3 is 2.18 bits per heavy atom. The second-order valence-electron chi connectivity index (χ2n) is 8.87. The molecule has 3 nitrogen and oxygen atoms in total. The van der Waals surface area contributed by atoms with Crippen LogP contribution in [0.2, 0.25) is 0 Å². The number of carbonyl (C=O) groups is 1. The number of benzene rings is 3. The molecule has 3 aromatic carbocycles. The van der Waals surface area contributed by atoms with Crippen LogP contribution in [0.25, 0.3) is 11.1 Å². The highest BCUT2D eigenvalue weighted by atomic mass is 19.2. The van der Waals surface area contributed by atoms with E-state index in [9.17, 15) is 13.6 Å². The smallest absolute Gasteiger partial charge is 0.251 e. The van der Waals surface area contributed by atoms with Gasteiger partial charge in [0, 0.05) is 18.0 Å². The summed E-state index contributed by atoms with van der Waals surface area (Å²) in [5.74, 6) is -6.24. The summed E-state index contributed by atoms with van der Waals surface area (Å²) in [4.78, 5) is 17.3. The first-order valence-electron chi connectivity index (χ1n) is 11.3. The van der Waals surface area contributed by atoms with Crippen molar-refractivity contribution in [2.24, 2.45) is 4.99 Å². The molecule has 1 aliphatic heterocycles. The number of amides is 1. The summed E-state index contributed by atoms with van der Waals surface area (Å²) in [6, 6.07) is 10.9. The van der Waals surface area contributed by atoms with Gasteiger partial charge in [0.25, 0.3) is 5.91 Å². The lowest BCUT2D eigenvalue weighted by Crippen LogP contribution is -2.33. The molecule has 0 spiro atoms. The quantitative estimate of drug-likeness (QED) is 0.343. The van der Waals surface area contributed by atoms with Gasteiger partial charge >= 0.3 is 0 Å². The van der Waals surface area contributed by atoms with Gasteiger partial charge in [-0.3, -0.25) is 9.79 Å². The Balaban J connectivity index is 1.54. The molecule has 1 amide bonds. The first-order chi connectivity index (χ1) is 16.3. The number of hydrogen-bond acceptors (Lipinski definition) is 2. The average molecular weight is 466 g/mol. The molecular formula is C27H22F4N2O. The van der Waals surface area contributed by atoms with Crippen LogP contribution >= 0.6 is 0 Å². The number of nitrogens with one attached hydrogen (secondary N) is 1. The van der Waals surface area contributed by atoms with Gasteiger partial charge in [0.1, 0.15) is 0 Å². The molecule has 1 saturated carbocycles. The molecule has 1 heterocycles. The number of carbonyl (C=O) groups excluding carboxylic acids is 1. The highest BCUT2D eigenvalue weighted by Gasteiger charge is 2.32. The summed E-state index contributed by atoms with van der Waals surface area (Å²) in [6.07, 6.45) is 3.81. The lowest BCUT2D eigenvalue weighted by atomic mass is 9.95. The van der Waals surface area contributed by atoms with Crippen LogP contribution in [0, 0.1) is 30.2 Å². The van der Waals surface area contributed by atoms with E-state index in [0.29, 0.717) is 16.8 Å². The van der Waals surface area contributed by atoms with Gasteiger partial charge in [0.05, 0.1) is 22.5 Å². The van der Waals surface area contributed by atoms with Crippen LogP contribution < -0.4 is 5.32 Å². The summed E-state index contributed by atoms with van der Waals surface area (Å²) in [5, 5.41) is 3.02. The molecule has 0 radical (unpaired) electrons. The van der Waals surface area contributed by atoms with E-state index in [0.717, 1.165) is 31.2 Å². The predicted molar refractivity (Wildman–Crippen MR) is 123 cm³/mol. The molecule has 1 fully saturated rings. The van der Waals surface area contributed by atoms with E-state index in [1.165, 1.54) is 24.3 Å². The van der Waals surface area contributed by atoms with Crippen molar-refractivity contribution in [3.8, 4) is 11.1 Å². The predicted octanol–water partition coefficient (Wildman–Crippen LogP) is 6.57. The molecule has 0 aromatic heterocycles. The van der Waals surface area contributed by atoms with Gasteiger partial charge in [-0.2, -0.15) is 0 Å².